The highest BCUT2D eigenvalue weighted by atomic mass is 35.5. The fourth-order valence-electron chi connectivity index (χ4n) is 2.09. The highest BCUT2D eigenvalue weighted by Crippen LogP contribution is 2.31. The summed E-state index contributed by atoms with van der Waals surface area (Å²) in [5, 5.41) is 0.323. The van der Waals surface area contributed by atoms with Gasteiger partial charge in [-0.25, -0.2) is 0 Å². The molecule has 1 aliphatic rings. The van der Waals surface area contributed by atoms with Crippen LogP contribution in [0.2, 0.25) is 5.02 Å². The molecule has 24 heavy (non-hydrogen) atoms. The summed E-state index contributed by atoms with van der Waals surface area (Å²) in [6, 6.07) is 10.5. The molecule has 1 aliphatic heterocycles. The van der Waals surface area contributed by atoms with E-state index in [-0.39, 0.29) is 24.3 Å². The minimum Gasteiger partial charge on any atom is -0.492 e. The number of imide groups is 1. The van der Waals surface area contributed by atoms with Crippen molar-refractivity contribution in [1.82, 2.24) is 9.88 Å². The van der Waals surface area contributed by atoms with Crippen LogP contribution in [-0.2, 0) is 4.79 Å². The lowest BCUT2D eigenvalue weighted by atomic mass is 10.2. The van der Waals surface area contributed by atoms with Crippen molar-refractivity contribution in [2.45, 2.75) is 0 Å². The molecule has 1 aromatic heterocycles. The molecule has 1 aromatic carbocycles. The second kappa shape index (κ2) is 7.51. The number of benzene rings is 1. The first-order valence-electron chi connectivity index (χ1n) is 7.17. The number of aromatic nitrogens is 1. The van der Waals surface area contributed by atoms with Gasteiger partial charge in [-0.05, 0) is 53.7 Å². The van der Waals surface area contributed by atoms with Crippen molar-refractivity contribution in [2.75, 3.05) is 13.2 Å². The van der Waals surface area contributed by atoms with Crippen molar-refractivity contribution < 1.29 is 14.3 Å². The van der Waals surface area contributed by atoms with Crippen LogP contribution in [0.1, 0.15) is 5.56 Å². The standard InChI is InChI=1S/C17H13ClN2O3S/c18-13-3-5-14(6-4-13)23-9-8-20-16(21)15(24-17(20)22)10-12-2-1-7-19-11-12/h1-7,10-11H,8-9H2/b15-10-. The minimum absolute atomic E-state index is 0.192. The van der Waals surface area contributed by atoms with Crippen molar-refractivity contribution in [2.24, 2.45) is 0 Å². The molecule has 3 rings (SSSR count). The maximum Gasteiger partial charge on any atom is 0.293 e. The molecule has 0 bridgehead atoms. The summed E-state index contributed by atoms with van der Waals surface area (Å²) in [6.45, 7) is 0.414. The van der Waals surface area contributed by atoms with Crippen LogP contribution in [0, 0.1) is 0 Å². The molecule has 2 amide bonds. The van der Waals surface area contributed by atoms with Crippen LogP contribution in [0.3, 0.4) is 0 Å². The quantitative estimate of drug-likeness (QED) is 0.758. The second-order valence-electron chi connectivity index (χ2n) is 4.92. The van der Waals surface area contributed by atoms with Gasteiger partial charge in [0.05, 0.1) is 11.4 Å². The van der Waals surface area contributed by atoms with Gasteiger partial charge in [0.25, 0.3) is 11.1 Å². The Hall–Kier alpha value is -2.31. The Morgan fingerprint density at radius 1 is 1.21 bits per heavy atom. The summed E-state index contributed by atoms with van der Waals surface area (Å²) >= 11 is 6.73. The van der Waals surface area contributed by atoms with Crippen LogP contribution in [0.25, 0.3) is 6.08 Å². The van der Waals surface area contributed by atoms with Crippen LogP contribution >= 0.6 is 23.4 Å². The molecule has 7 heteroatoms. The van der Waals surface area contributed by atoms with Gasteiger partial charge in [0.15, 0.2) is 0 Å². The van der Waals surface area contributed by atoms with Gasteiger partial charge in [0, 0.05) is 17.4 Å². The lowest BCUT2D eigenvalue weighted by molar-refractivity contribution is -0.123. The van der Waals surface area contributed by atoms with E-state index in [4.69, 9.17) is 16.3 Å². The van der Waals surface area contributed by atoms with Gasteiger partial charge >= 0.3 is 0 Å². The molecular formula is C17H13ClN2O3S. The smallest absolute Gasteiger partial charge is 0.293 e. The van der Waals surface area contributed by atoms with E-state index in [1.54, 1.807) is 48.8 Å². The van der Waals surface area contributed by atoms with E-state index in [2.05, 4.69) is 4.98 Å². The first kappa shape index (κ1) is 16.5. The van der Waals surface area contributed by atoms with Gasteiger partial charge in [0.2, 0.25) is 0 Å². The number of rotatable bonds is 5. The van der Waals surface area contributed by atoms with E-state index in [0.29, 0.717) is 15.7 Å². The Kier molecular flexibility index (Phi) is 5.17. The molecule has 0 atom stereocenters. The third-order valence-corrected chi connectivity index (χ3v) is 4.41. The number of hydrogen-bond donors (Lipinski definition) is 0. The molecule has 122 valence electrons. The molecule has 0 spiro atoms. The zero-order valence-electron chi connectivity index (χ0n) is 12.5. The van der Waals surface area contributed by atoms with E-state index in [9.17, 15) is 9.59 Å². The maximum atomic E-state index is 12.3. The molecule has 5 nitrogen and oxygen atoms in total. The van der Waals surface area contributed by atoms with Gasteiger partial charge < -0.3 is 4.74 Å². The van der Waals surface area contributed by atoms with Gasteiger partial charge in [0.1, 0.15) is 12.4 Å². The third kappa shape index (κ3) is 3.96. The Morgan fingerprint density at radius 2 is 2.00 bits per heavy atom. The monoisotopic (exact) mass is 360 g/mol. The Labute approximate surface area is 148 Å². The SMILES string of the molecule is O=C1S/C(=C\c2cccnc2)C(=O)N1CCOc1ccc(Cl)cc1. The highest BCUT2D eigenvalue weighted by Gasteiger charge is 2.34. The Balaban J connectivity index is 1.60. The number of pyridine rings is 1. The minimum atomic E-state index is -0.312. The van der Waals surface area contributed by atoms with E-state index in [1.807, 2.05) is 6.07 Å². The number of carbonyl (C=O) groups is 2. The van der Waals surface area contributed by atoms with Gasteiger partial charge in [-0.2, -0.15) is 0 Å². The summed E-state index contributed by atoms with van der Waals surface area (Å²) in [7, 11) is 0. The predicted molar refractivity (Wildman–Crippen MR) is 93.9 cm³/mol. The topological polar surface area (TPSA) is 59.5 Å². The molecule has 0 saturated carbocycles. The van der Waals surface area contributed by atoms with E-state index < -0.39 is 0 Å². The van der Waals surface area contributed by atoms with Crippen LogP contribution in [0.5, 0.6) is 5.75 Å². The molecule has 0 aliphatic carbocycles. The van der Waals surface area contributed by atoms with Gasteiger partial charge in [-0.3, -0.25) is 19.5 Å². The first-order valence-corrected chi connectivity index (χ1v) is 8.37. The number of nitrogens with zero attached hydrogens (tertiary/aromatic N) is 2. The number of hydrogen-bond acceptors (Lipinski definition) is 5. The molecule has 0 N–H and O–H groups in total. The third-order valence-electron chi connectivity index (χ3n) is 3.25. The number of ether oxygens (including phenoxy) is 1. The van der Waals surface area contributed by atoms with Gasteiger partial charge in [-0.15, -0.1) is 0 Å². The van der Waals surface area contributed by atoms with Gasteiger partial charge in [-0.1, -0.05) is 17.7 Å². The molecule has 0 unspecified atom stereocenters. The lowest BCUT2D eigenvalue weighted by Crippen LogP contribution is -2.32. The molecular weight excluding hydrogens is 348 g/mol. The lowest BCUT2D eigenvalue weighted by Gasteiger charge is -2.13. The summed E-state index contributed by atoms with van der Waals surface area (Å²) in [5.41, 5.74) is 0.778. The fourth-order valence-corrected chi connectivity index (χ4v) is 3.08. The van der Waals surface area contributed by atoms with E-state index >= 15 is 0 Å². The molecule has 1 fully saturated rings. The van der Waals surface area contributed by atoms with E-state index in [0.717, 1.165) is 17.3 Å². The number of carbonyl (C=O) groups excluding carboxylic acids is 2. The van der Waals surface area contributed by atoms with Crippen LogP contribution in [0.4, 0.5) is 4.79 Å². The van der Waals surface area contributed by atoms with Crippen molar-refractivity contribution in [1.29, 1.82) is 0 Å². The summed E-state index contributed by atoms with van der Waals surface area (Å²) < 4.78 is 5.53. The summed E-state index contributed by atoms with van der Waals surface area (Å²) in [5.74, 6) is 0.325. The predicted octanol–water partition coefficient (Wildman–Crippen LogP) is 3.85. The van der Waals surface area contributed by atoms with Crippen LogP contribution in [0.15, 0.2) is 53.7 Å². The zero-order valence-corrected chi connectivity index (χ0v) is 14.1. The molecule has 1 saturated heterocycles. The first-order chi connectivity index (χ1) is 11.6. The maximum absolute atomic E-state index is 12.3. The Morgan fingerprint density at radius 3 is 2.71 bits per heavy atom. The van der Waals surface area contributed by atoms with Crippen molar-refractivity contribution in [3.05, 3.63) is 64.3 Å². The fraction of sp³-hybridized carbons (Fsp3) is 0.118. The number of amides is 2. The average Bonchev–Trinajstić information content (AvgIpc) is 2.85. The largest absolute Gasteiger partial charge is 0.492 e. The summed E-state index contributed by atoms with van der Waals surface area (Å²) in [4.78, 5) is 29.9. The van der Waals surface area contributed by atoms with E-state index in [1.165, 1.54) is 4.90 Å². The average molecular weight is 361 g/mol. The second-order valence-corrected chi connectivity index (χ2v) is 6.35. The molecule has 2 heterocycles. The Bertz CT molecular complexity index is 778. The zero-order chi connectivity index (χ0) is 16.9. The highest BCUT2D eigenvalue weighted by molar-refractivity contribution is 8.18. The number of thioether (sulfide) groups is 1. The normalized spacial score (nSPS) is 16.0. The number of halogens is 1. The van der Waals surface area contributed by atoms with Crippen LogP contribution in [-0.4, -0.2) is 34.2 Å². The molecule has 2 aromatic rings. The van der Waals surface area contributed by atoms with Crippen molar-refractivity contribution >= 4 is 40.6 Å². The van der Waals surface area contributed by atoms with Crippen molar-refractivity contribution in [3.8, 4) is 5.75 Å². The van der Waals surface area contributed by atoms with Crippen molar-refractivity contribution in [3.63, 3.8) is 0 Å². The summed E-state index contributed by atoms with van der Waals surface area (Å²) in [6.07, 6.45) is 4.95. The van der Waals surface area contributed by atoms with Crippen LogP contribution < -0.4 is 4.74 Å². The molecule has 0 radical (unpaired) electrons.